The number of anilines is 1. The molecule has 5 nitrogen and oxygen atoms in total. The number of nitrogens with one attached hydrogen (secondary N) is 1. The highest BCUT2D eigenvalue weighted by Gasteiger charge is 2.31. The van der Waals surface area contributed by atoms with E-state index in [1.807, 2.05) is 0 Å². The van der Waals surface area contributed by atoms with Crippen LogP contribution >= 0.6 is 0 Å². The standard InChI is InChI=1S/C11H17N3O2/c1-11(16-2)4-3-5-14(7-11)9-6-10(15)13-8-12-9/h6,8H,3-5,7H2,1-2H3,(H,12,13,15). The van der Waals surface area contributed by atoms with Crippen molar-refractivity contribution >= 4 is 5.82 Å². The summed E-state index contributed by atoms with van der Waals surface area (Å²) in [4.78, 5) is 20.0. The second-order valence-electron chi connectivity index (χ2n) is 4.45. The number of H-pyrrole nitrogens is 1. The van der Waals surface area contributed by atoms with Crippen molar-refractivity contribution in [3.05, 3.63) is 22.7 Å². The molecular formula is C11H17N3O2. The molecule has 0 aliphatic carbocycles. The zero-order chi connectivity index (χ0) is 11.6. The minimum absolute atomic E-state index is 0.116. The molecular weight excluding hydrogens is 206 g/mol. The van der Waals surface area contributed by atoms with Crippen LogP contribution in [0.4, 0.5) is 5.82 Å². The van der Waals surface area contributed by atoms with Gasteiger partial charge in [0.1, 0.15) is 5.82 Å². The van der Waals surface area contributed by atoms with Crippen LogP contribution in [0.2, 0.25) is 0 Å². The van der Waals surface area contributed by atoms with Gasteiger partial charge in [-0.2, -0.15) is 0 Å². The van der Waals surface area contributed by atoms with Crippen LogP contribution in [0.5, 0.6) is 0 Å². The maximum absolute atomic E-state index is 11.2. The smallest absolute Gasteiger partial charge is 0.252 e. The molecule has 1 unspecified atom stereocenters. The molecule has 1 aromatic heterocycles. The molecule has 0 saturated carbocycles. The van der Waals surface area contributed by atoms with Crippen LogP contribution in [0.1, 0.15) is 19.8 Å². The van der Waals surface area contributed by atoms with Crippen molar-refractivity contribution in [1.29, 1.82) is 0 Å². The molecule has 2 rings (SSSR count). The van der Waals surface area contributed by atoms with Crippen molar-refractivity contribution in [2.24, 2.45) is 0 Å². The number of aromatic amines is 1. The lowest BCUT2D eigenvalue weighted by Crippen LogP contribution is -2.48. The second-order valence-corrected chi connectivity index (χ2v) is 4.45. The first kappa shape index (κ1) is 11.1. The fourth-order valence-corrected chi connectivity index (χ4v) is 2.10. The van der Waals surface area contributed by atoms with Gasteiger partial charge in [0.2, 0.25) is 0 Å². The Morgan fingerprint density at radius 1 is 1.62 bits per heavy atom. The first-order valence-electron chi connectivity index (χ1n) is 5.48. The summed E-state index contributed by atoms with van der Waals surface area (Å²) in [7, 11) is 1.73. The van der Waals surface area contributed by atoms with Crippen molar-refractivity contribution < 1.29 is 4.74 Å². The van der Waals surface area contributed by atoms with E-state index in [4.69, 9.17) is 4.74 Å². The third kappa shape index (κ3) is 2.24. The predicted octanol–water partition coefficient (Wildman–Crippen LogP) is 0.775. The van der Waals surface area contributed by atoms with Crippen molar-refractivity contribution in [2.75, 3.05) is 25.1 Å². The summed E-state index contributed by atoms with van der Waals surface area (Å²) in [5, 5.41) is 0. The van der Waals surface area contributed by atoms with Gasteiger partial charge < -0.3 is 14.6 Å². The van der Waals surface area contributed by atoms with E-state index in [0.717, 1.165) is 31.7 Å². The lowest BCUT2D eigenvalue weighted by Gasteiger charge is -2.39. The molecule has 0 radical (unpaired) electrons. The third-order valence-electron chi connectivity index (χ3n) is 3.14. The number of methoxy groups -OCH3 is 1. The van der Waals surface area contributed by atoms with Gasteiger partial charge in [-0.3, -0.25) is 4.79 Å². The number of piperidine rings is 1. The highest BCUT2D eigenvalue weighted by atomic mass is 16.5. The zero-order valence-electron chi connectivity index (χ0n) is 9.69. The van der Waals surface area contributed by atoms with Crippen LogP contribution in [0.15, 0.2) is 17.2 Å². The largest absolute Gasteiger partial charge is 0.377 e. The molecule has 16 heavy (non-hydrogen) atoms. The highest BCUT2D eigenvalue weighted by Crippen LogP contribution is 2.26. The lowest BCUT2D eigenvalue weighted by molar-refractivity contribution is -0.00482. The molecule has 0 spiro atoms. The maximum atomic E-state index is 11.2. The van der Waals surface area contributed by atoms with E-state index in [0.29, 0.717) is 0 Å². The number of hydrogen-bond acceptors (Lipinski definition) is 4. The molecule has 0 bridgehead atoms. The summed E-state index contributed by atoms with van der Waals surface area (Å²) in [6, 6.07) is 1.53. The van der Waals surface area contributed by atoms with Crippen molar-refractivity contribution in [3.63, 3.8) is 0 Å². The van der Waals surface area contributed by atoms with Gasteiger partial charge in [-0.05, 0) is 19.8 Å². The van der Waals surface area contributed by atoms with E-state index in [1.54, 1.807) is 7.11 Å². The van der Waals surface area contributed by atoms with E-state index in [2.05, 4.69) is 21.8 Å². The molecule has 88 valence electrons. The molecule has 5 heteroatoms. The molecule has 1 aromatic rings. The molecule has 0 aromatic carbocycles. The lowest BCUT2D eigenvalue weighted by atomic mass is 9.95. The minimum atomic E-state index is -0.136. The van der Waals surface area contributed by atoms with Crippen molar-refractivity contribution in [2.45, 2.75) is 25.4 Å². The summed E-state index contributed by atoms with van der Waals surface area (Å²) >= 11 is 0. The zero-order valence-corrected chi connectivity index (χ0v) is 9.69. The Hall–Kier alpha value is -1.36. The molecule has 1 atom stereocenters. The van der Waals surface area contributed by atoms with Crippen molar-refractivity contribution in [1.82, 2.24) is 9.97 Å². The summed E-state index contributed by atoms with van der Waals surface area (Å²) in [5.74, 6) is 0.728. The summed E-state index contributed by atoms with van der Waals surface area (Å²) in [6.45, 7) is 3.79. The van der Waals surface area contributed by atoms with Gasteiger partial charge in [0.05, 0.1) is 11.9 Å². The number of aromatic nitrogens is 2. The van der Waals surface area contributed by atoms with E-state index in [9.17, 15) is 4.79 Å². The third-order valence-corrected chi connectivity index (χ3v) is 3.14. The Morgan fingerprint density at radius 2 is 2.44 bits per heavy atom. The Bertz CT molecular complexity index is 418. The number of ether oxygens (including phenoxy) is 1. The SMILES string of the molecule is COC1(C)CCCN(c2cc(=O)[nH]cn2)C1. The van der Waals surface area contributed by atoms with Crippen LogP contribution in [-0.2, 0) is 4.74 Å². The van der Waals surface area contributed by atoms with Gasteiger partial charge in [0.25, 0.3) is 5.56 Å². The van der Waals surface area contributed by atoms with Crippen LogP contribution in [0, 0.1) is 0 Å². The summed E-state index contributed by atoms with van der Waals surface area (Å²) in [5.41, 5.74) is -0.252. The number of nitrogens with zero attached hydrogens (tertiary/aromatic N) is 2. The number of hydrogen-bond donors (Lipinski definition) is 1. The maximum Gasteiger partial charge on any atom is 0.252 e. The van der Waals surface area contributed by atoms with Gasteiger partial charge in [-0.1, -0.05) is 0 Å². The predicted molar refractivity (Wildman–Crippen MR) is 61.7 cm³/mol. The quantitative estimate of drug-likeness (QED) is 0.804. The van der Waals surface area contributed by atoms with Gasteiger partial charge in [0.15, 0.2) is 0 Å². The van der Waals surface area contributed by atoms with Crippen molar-refractivity contribution in [3.8, 4) is 0 Å². The van der Waals surface area contributed by atoms with Crippen LogP contribution < -0.4 is 10.5 Å². The topological polar surface area (TPSA) is 58.2 Å². The molecule has 1 N–H and O–H groups in total. The first-order valence-corrected chi connectivity index (χ1v) is 5.48. The van der Waals surface area contributed by atoms with E-state index < -0.39 is 0 Å². The molecule has 2 heterocycles. The number of rotatable bonds is 2. The van der Waals surface area contributed by atoms with Gasteiger partial charge in [-0.25, -0.2) is 4.98 Å². The molecule has 1 saturated heterocycles. The fraction of sp³-hybridized carbons (Fsp3) is 0.636. The Morgan fingerprint density at radius 3 is 3.12 bits per heavy atom. The molecule has 1 aliphatic heterocycles. The highest BCUT2D eigenvalue weighted by molar-refractivity contribution is 5.37. The molecule has 1 aliphatic rings. The van der Waals surface area contributed by atoms with E-state index in [-0.39, 0.29) is 11.2 Å². The van der Waals surface area contributed by atoms with Crippen LogP contribution in [-0.4, -0.2) is 35.8 Å². The summed E-state index contributed by atoms with van der Waals surface area (Å²) < 4.78 is 5.51. The fourth-order valence-electron chi connectivity index (χ4n) is 2.10. The Labute approximate surface area is 94.5 Å². The van der Waals surface area contributed by atoms with Gasteiger partial charge in [0, 0.05) is 26.3 Å². The summed E-state index contributed by atoms with van der Waals surface area (Å²) in [6.07, 6.45) is 3.54. The second kappa shape index (κ2) is 4.25. The Kier molecular flexibility index (Phi) is 2.96. The van der Waals surface area contributed by atoms with Crippen LogP contribution in [0.25, 0.3) is 0 Å². The average Bonchev–Trinajstić information content (AvgIpc) is 2.29. The molecule has 0 amide bonds. The Balaban J connectivity index is 2.19. The average molecular weight is 223 g/mol. The minimum Gasteiger partial charge on any atom is -0.377 e. The van der Waals surface area contributed by atoms with E-state index in [1.165, 1.54) is 12.4 Å². The van der Waals surface area contributed by atoms with Gasteiger partial charge >= 0.3 is 0 Å². The monoisotopic (exact) mass is 223 g/mol. The van der Waals surface area contributed by atoms with Gasteiger partial charge in [-0.15, -0.1) is 0 Å². The molecule has 1 fully saturated rings. The normalized spacial score (nSPS) is 25.8. The van der Waals surface area contributed by atoms with E-state index >= 15 is 0 Å². The first-order chi connectivity index (χ1) is 7.63. The van der Waals surface area contributed by atoms with Crippen LogP contribution in [0.3, 0.4) is 0 Å².